The summed E-state index contributed by atoms with van der Waals surface area (Å²) in [5, 5.41) is 18.5. The van der Waals surface area contributed by atoms with Crippen LogP contribution in [0.4, 0.5) is 0 Å². The fourth-order valence-electron chi connectivity index (χ4n) is 0.766. The second kappa shape index (κ2) is 3.72. The standard InChI is InChI=1S/C8H8Cl2O3/c1-8(11,12)13-7-3-2-5(9)4-6(7)10/h2-4,11-12H,1H3. The molecule has 3 nitrogen and oxygen atoms in total. The Bertz CT molecular complexity index is 307. The predicted molar refractivity (Wildman–Crippen MR) is 49.9 cm³/mol. The number of halogens is 2. The van der Waals surface area contributed by atoms with Crippen LogP contribution in [-0.4, -0.2) is 16.2 Å². The van der Waals surface area contributed by atoms with E-state index in [-0.39, 0.29) is 10.8 Å². The quantitative estimate of drug-likeness (QED) is 0.754. The number of benzene rings is 1. The molecule has 0 atom stereocenters. The first-order valence-electron chi connectivity index (χ1n) is 3.47. The van der Waals surface area contributed by atoms with Crippen molar-refractivity contribution in [2.24, 2.45) is 0 Å². The predicted octanol–water partition coefficient (Wildman–Crippen LogP) is 2.03. The molecule has 0 spiro atoms. The molecule has 1 aromatic rings. The highest BCUT2D eigenvalue weighted by molar-refractivity contribution is 6.35. The first kappa shape index (κ1) is 10.6. The van der Waals surface area contributed by atoms with Gasteiger partial charge in [-0.15, -0.1) is 0 Å². The summed E-state index contributed by atoms with van der Waals surface area (Å²) >= 11 is 11.3. The van der Waals surface area contributed by atoms with E-state index in [1.807, 2.05) is 0 Å². The molecule has 72 valence electrons. The van der Waals surface area contributed by atoms with E-state index in [1.165, 1.54) is 18.2 Å². The highest BCUT2D eigenvalue weighted by atomic mass is 35.5. The molecule has 2 N–H and O–H groups in total. The summed E-state index contributed by atoms with van der Waals surface area (Å²) in [6, 6.07) is 4.44. The molecule has 0 saturated heterocycles. The summed E-state index contributed by atoms with van der Waals surface area (Å²) < 4.78 is 4.71. The monoisotopic (exact) mass is 222 g/mol. The highest BCUT2D eigenvalue weighted by Gasteiger charge is 2.18. The molecule has 0 unspecified atom stereocenters. The number of hydrogen-bond acceptors (Lipinski definition) is 3. The Morgan fingerprint density at radius 1 is 1.31 bits per heavy atom. The van der Waals surface area contributed by atoms with Gasteiger partial charge in [0.2, 0.25) is 0 Å². The third-order valence-electron chi connectivity index (χ3n) is 1.20. The van der Waals surface area contributed by atoms with E-state index in [9.17, 15) is 0 Å². The third kappa shape index (κ3) is 3.40. The fraction of sp³-hybridized carbons (Fsp3) is 0.250. The van der Waals surface area contributed by atoms with Gasteiger partial charge in [0.25, 0.3) is 0 Å². The van der Waals surface area contributed by atoms with E-state index in [0.717, 1.165) is 6.92 Å². The Balaban J connectivity index is 2.90. The van der Waals surface area contributed by atoms with Gasteiger partial charge in [-0.2, -0.15) is 0 Å². The van der Waals surface area contributed by atoms with Gasteiger partial charge in [-0.3, -0.25) is 0 Å². The van der Waals surface area contributed by atoms with Gasteiger partial charge in [-0.25, -0.2) is 0 Å². The summed E-state index contributed by atoms with van der Waals surface area (Å²) in [5.74, 6) is -2.07. The van der Waals surface area contributed by atoms with Crippen LogP contribution < -0.4 is 4.74 Å². The van der Waals surface area contributed by atoms with Crippen molar-refractivity contribution < 1.29 is 14.9 Å². The lowest BCUT2D eigenvalue weighted by molar-refractivity contribution is -0.277. The first-order valence-corrected chi connectivity index (χ1v) is 4.23. The van der Waals surface area contributed by atoms with Crippen LogP contribution in [0.15, 0.2) is 18.2 Å². The van der Waals surface area contributed by atoms with Crippen molar-refractivity contribution in [3.8, 4) is 5.75 Å². The van der Waals surface area contributed by atoms with Crippen LogP contribution in [0.3, 0.4) is 0 Å². The van der Waals surface area contributed by atoms with Gasteiger partial charge in [-0.05, 0) is 18.2 Å². The van der Waals surface area contributed by atoms with Gasteiger partial charge in [0.1, 0.15) is 5.75 Å². The average Bonchev–Trinajstić information content (AvgIpc) is 1.93. The van der Waals surface area contributed by atoms with Crippen molar-refractivity contribution in [3.63, 3.8) is 0 Å². The molecular formula is C8H8Cl2O3. The van der Waals surface area contributed by atoms with E-state index < -0.39 is 5.97 Å². The van der Waals surface area contributed by atoms with Crippen molar-refractivity contribution in [3.05, 3.63) is 28.2 Å². The van der Waals surface area contributed by atoms with Crippen LogP contribution in [-0.2, 0) is 0 Å². The molecule has 0 aliphatic carbocycles. The summed E-state index contributed by atoms with van der Waals surface area (Å²) in [5.41, 5.74) is 0. The Labute approximate surface area is 85.5 Å². The fourth-order valence-corrected chi connectivity index (χ4v) is 1.21. The SMILES string of the molecule is CC(O)(O)Oc1ccc(Cl)cc1Cl. The van der Waals surface area contributed by atoms with E-state index in [0.29, 0.717) is 5.02 Å². The number of ether oxygens (including phenoxy) is 1. The highest BCUT2D eigenvalue weighted by Crippen LogP contribution is 2.29. The van der Waals surface area contributed by atoms with Gasteiger partial charge in [-0.1, -0.05) is 23.2 Å². The van der Waals surface area contributed by atoms with Crippen LogP contribution in [0.5, 0.6) is 5.75 Å². The van der Waals surface area contributed by atoms with Crippen molar-refractivity contribution in [1.29, 1.82) is 0 Å². The van der Waals surface area contributed by atoms with Crippen molar-refractivity contribution in [2.45, 2.75) is 12.9 Å². The topological polar surface area (TPSA) is 49.7 Å². The molecule has 0 fully saturated rings. The Kier molecular flexibility index (Phi) is 3.03. The lowest BCUT2D eigenvalue weighted by atomic mass is 10.3. The Morgan fingerprint density at radius 3 is 2.38 bits per heavy atom. The van der Waals surface area contributed by atoms with E-state index in [1.54, 1.807) is 0 Å². The molecule has 13 heavy (non-hydrogen) atoms. The maximum Gasteiger partial charge on any atom is 0.318 e. The molecule has 0 bridgehead atoms. The molecule has 5 heteroatoms. The second-order valence-electron chi connectivity index (χ2n) is 2.61. The molecule has 0 saturated carbocycles. The smallest absolute Gasteiger partial charge is 0.318 e. The summed E-state index contributed by atoms with van der Waals surface area (Å²) in [7, 11) is 0. The normalized spacial score (nSPS) is 11.5. The number of aliphatic hydroxyl groups is 2. The molecule has 0 aliphatic rings. The zero-order valence-electron chi connectivity index (χ0n) is 6.79. The molecule has 1 rings (SSSR count). The van der Waals surface area contributed by atoms with Crippen LogP contribution >= 0.6 is 23.2 Å². The molecule has 0 amide bonds. The average molecular weight is 223 g/mol. The van der Waals surface area contributed by atoms with Gasteiger partial charge >= 0.3 is 5.97 Å². The number of rotatable bonds is 2. The largest absolute Gasteiger partial charge is 0.438 e. The summed E-state index contributed by atoms with van der Waals surface area (Å²) in [6.07, 6.45) is 0. The van der Waals surface area contributed by atoms with E-state index >= 15 is 0 Å². The molecule has 0 heterocycles. The summed E-state index contributed by atoms with van der Waals surface area (Å²) in [6.45, 7) is 1.08. The maximum atomic E-state index is 8.91. The molecule has 0 aromatic heterocycles. The van der Waals surface area contributed by atoms with Gasteiger partial charge in [0, 0.05) is 11.9 Å². The van der Waals surface area contributed by atoms with Crippen molar-refractivity contribution >= 4 is 23.2 Å². The maximum absolute atomic E-state index is 8.91. The Hall–Kier alpha value is -0.480. The molecule has 0 radical (unpaired) electrons. The van der Waals surface area contributed by atoms with E-state index in [2.05, 4.69) is 0 Å². The van der Waals surface area contributed by atoms with E-state index in [4.69, 9.17) is 38.2 Å². The van der Waals surface area contributed by atoms with Crippen molar-refractivity contribution in [1.82, 2.24) is 0 Å². The van der Waals surface area contributed by atoms with Crippen LogP contribution in [0.2, 0.25) is 10.0 Å². The van der Waals surface area contributed by atoms with Gasteiger partial charge in [0.05, 0.1) is 5.02 Å². The minimum absolute atomic E-state index is 0.165. The van der Waals surface area contributed by atoms with Crippen LogP contribution in [0.1, 0.15) is 6.92 Å². The minimum atomic E-state index is -2.24. The lowest BCUT2D eigenvalue weighted by Gasteiger charge is -2.18. The minimum Gasteiger partial charge on any atom is -0.438 e. The third-order valence-corrected chi connectivity index (χ3v) is 1.73. The second-order valence-corrected chi connectivity index (χ2v) is 3.45. The molecule has 1 aromatic carbocycles. The Morgan fingerprint density at radius 2 is 1.92 bits per heavy atom. The summed E-state index contributed by atoms with van der Waals surface area (Å²) in [4.78, 5) is 0. The van der Waals surface area contributed by atoms with Crippen molar-refractivity contribution in [2.75, 3.05) is 0 Å². The number of hydrogen-bond donors (Lipinski definition) is 2. The zero-order chi connectivity index (χ0) is 10.1. The van der Waals surface area contributed by atoms with Crippen LogP contribution in [0, 0.1) is 0 Å². The molecule has 0 aliphatic heterocycles. The zero-order valence-corrected chi connectivity index (χ0v) is 8.30. The lowest BCUT2D eigenvalue weighted by Crippen LogP contribution is -2.30. The van der Waals surface area contributed by atoms with Crippen LogP contribution in [0.25, 0.3) is 0 Å². The van der Waals surface area contributed by atoms with Gasteiger partial charge in [0.15, 0.2) is 0 Å². The first-order chi connectivity index (χ1) is 5.88. The van der Waals surface area contributed by atoms with Gasteiger partial charge < -0.3 is 14.9 Å². The molecular weight excluding hydrogens is 215 g/mol.